The first-order valence-electron chi connectivity index (χ1n) is 42.3. The Kier molecular flexibility index (Phi) is 17.3. The van der Waals surface area contributed by atoms with Gasteiger partial charge in [-0.05, 0) is 155 Å². The summed E-state index contributed by atoms with van der Waals surface area (Å²) in [6.07, 6.45) is 0. The van der Waals surface area contributed by atoms with Crippen LogP contribution in [0.25, 0.3) is 245 Å². The van der Waals surface area contributed by atoms with Crippen LogP contribution in [0.4, 0.5) is 0 Å². The van der Waals surface area contributed by atoms with Crippen LogP contribution in [0.5, 0.6) is 0 Å². The Morgan fingerprint density at radius 3 is 0.937 bits per heavy atom. The van der Waals surface area contributed by atoms with Gasteiger partial charge in [-0.15, -0.1) is 34.0 Å². The Balaban J connectivity index is 0.000000140. The van der Waals surface area contributed by atoms with Gasteiger partial charge in [-0.2, -0.15) is 0 Å². The summed E-state index contributed by atoms with van der Waals surface area (Å²) in [6, 6.07) is 149. The molecule has 0 fully saturated rings. The highest BCUT2D eigenvalue weighted by atomic mass is 32.1. The lowest BCUT2D eigenvalue weighted by Crippen LogP contribution is -2.00. The standard InChI is InChI=1S/C63H39N5S.C51H30N4S2/c1-5-17-42(18-6-1)61-64-62(43-19-7-2-8-20-43)66-63(65-61)54-37-45(36-53-49-26-14-16-28-59(49)69-60(53)54)41-31-29-40(30-32-41)44-33-34-56-50(35-44)52-38-51-48-25-13-15-27-55(48)67(46-21-9-3-10-22-46)57(51)39-58(52)68(56)47-23-11-4-12-24-47;1-3-13-32(14-4-1)49-52-50(33-15-5-2-6-16-33)54-51(53-49)41-30-34(29-40-37-18-9-12-22-45(37)56-47(40)41)31-23-25-35(26-24-31)55-42-20-10-7-19-39(42)46-43(55)28-27-38-36-17-8-11-21-44(36)57-48(38)46/h1-39H;1-30H. The van der Waals surface area contributed by atoms with Crippen LogP contribution in [-0.4, -0.2) is 43.6 Å². The summed E-state index contributed by atoms with van der Waals surface area (Å²) in [7, 11) is 0. The first-order valence-corrected chi connectivity index (χ1v) is 44.7. The molecule has 18 aromatic carbocycles. The minimum Gasteiger partial charge on any atom is -0.309 e. The normalized spacial score (nSPS) is 11.8. The zero-order valence-electron chi connectivity index (χ0n) is 67.6. The van der Waals surface area contributed by atoms with E-state index >= 15 is 0 Å². The van der Waals surface area contributed by atoms with Crippen LogP contribution in [0.3, 0.4) is 0 Å². The fourth-order valence-electron chi connectivity index (χ4n) is 18.7. The maximum Gasteiger partial charge on any atom is 0.165 e. The van der Waals surface area contributed by atoms with Crippen LogP contribution in [-0.2, 0) is 0 Å². The molecule has 8 aromatic heterocycles. The maximum atomic E-state index is 5.20. The maximum absolute atomic E-state index is 5.20. The summed E-state index contributed by atoms with van der Waals surface area (Å²) in [5, 5.41) is 15.0. The van der Waals surface area contributed by atoms with Crippen molar-refractivity contribution in [1.29, 1.82) is 0 Å². The topological polar surface area (TPSA) is 92.1 Å². The van der Waals surface area contributed by atoms with E-state index in [4.69, 9.17) is 29.9 Å². The van der Waals surface area contributed by atoms with Crippen molar-refractivity contribution in [2.45, 2.75) is 0 Å². The Labute approximate surface area is 735 Å². The number of thiophene rings is 3. The molecular weight excluding hydrogens is 1590 g/mol. The molecule has 0 saturated heterocycles. The van der Waals surface area contributed by atoms with Gasteiger partial charge in [0.1, 0.15) is 0 Å². The second-order valence-electron chi connectivity index (χ2n) is 32.0. The lowest BCUT2D eigenvalue weighted by atomic mass is 9.96. The molecule has 26 rings (SSSR count). The molecule has 588 valence electrons. The van der Waals surface area contributed by atoms with E-state index in [0.717, 1.165) is 83.0 Å². The molecule has 26 aromatic rings. The number of benzene rings is 18. The fourth-order valence-corrected chi connectivity index (χ4v) is 22.4. The van der Waals surface area contributed by atoms with Crippen molar-refractivity contribution in [2.24, 2.45) is 0 Å². The van der Waals surface area contributed by atoms with Gasteiger partial charge in [0.25, 0.3) is 0 Å². The van der Waals surface area contributed by atoms with E-state index in [9.17, 15) is 0 Å². The number of fused-ring (bicyclic) bond motifs is 19. The van der Waals surface area contributed by atoms with Gasteiger partial charge in [-0.3, -0.25) is 0 Å². The zero-order chi connectivity index (χ0) is 82.9. The largest absolute Gasteiger partial charge is 0.309 e. The molecule has 0 saturated carbocycles. The predicted octanol–water partition coefficient (Wildman–Crippen LogP) is 31.1. The minimum absolute atomic E-state index is 0.649. The van der Waals surface area contributed by atoms with Crippen LogP contribution in [0.1, 0.15) is 0 Å². The lowest BCUT2D eigenvalue weighted by Gasteiger charge is -2.12. The molecular formula is C114H69N9S3. The van der Waals surface area contributed by atoms with Crippen molar-refractivity contribution in [3.05, 3.63) is 419 Å². The van der Waals surface area contributed by atoms with Crippen molar-refractivity contribution in [1.82, 2.24) is 43.6 Å². The summed E-state index contributed by atoms with van der Waals surface area (Å²) in [5.41, 5.74) is 23.2. The highest BCUT2D eigenvalue weighted by Gasteiger charge is 2.26. The molecule has 0 aliphatic carbocycles. The van der Waals surface area contributed by atoms with Crippen molar-refractivity contribution >= 4 is 160 Å². The van der Waals surface area contributed by atoms with Gasteiger partial charge < -0.3 is 13.7 Å². The van der Waals surface area contributed by atoms with Gasteiger partial charge >= 0.3 is 0 Å². The van der Waals surface area contributed by atoms with Crippen LogP contribution in [0.15, 0.2) is 419 Å². The van der Waals surface area contributed by atoms with Crippen molar-refractivity contribution < 1.29 is 0 Å². The number of rotatable bonds is 12. The lowest BCUT2D eigenvalue weighted by molar-refractivity contribution is 1.08. The minimum atomic E-state index is 0.649. The van der Waals surface area contributed by atoms with E-state index in [1.165, 1.54) is 127 Å². The molecule has 8 heterocycles. The molecule has 126 heavy (non-hydrogen) atoms. The Bertz CT molecular complexity index is 8690. The third kappa shape index (κ3) is 12.3. The van der Waals surface area contributed by atoms with E-state index in [2.05, 4.69) is 359 Å². The van der Waals surface area contributed by atoms with Crippen LogP contribution >= 0.6 is 34.0 Å². The van der Waals surface area contributed by atoms with E-state index < -0.39 is 0 Å². The van der Waals surface area contributed by atoms with Crippen molar-refractivity contribution in [2.75, 3.05) is 0 Å². The zero-order valence-corrected chi connectivity index (χ0v) is 70.0. The Hall–Kier alpha value is -16.0. The van der Waals surface area contributed by atoms with Gasteiger partial charge in [-0.1, -0.05) is 297 Å². The molecule has 0 aliphatic heterocycles. The molecule has 12 heteroatoms. The number of hydrogen-bond acceptors (Lipinski definition) is 9. The van der Waals surface area contributed by atoms with Crippen molar-refractivity contribution in [3.63, 3.8) is 0 Å². The predicted molar refractivity (Wildman–Crippen MR) is 530 cm³/mol. The molecule has 0 radical (unpaired) electrons. The molecule has 0 unspecified atom stereocenters. The molecule has 0 atom stereocenters. The third-order valence-electron chi connectivity index (χ3n) is 24.6. The first kappa shape index (κ1) is 72.8. The second kappa shape index (κ2) is 30.0. The van der Waals surface area contributed by atoms with Gasteiger partial charge in [0.2, 0.25) is 0 Å². The molecule has 9 nitrogen and oxygen atoms in total. The number of para-hydroxylation sites is 4. The van der Waals surface area contributed by atoms with E-state index in [1.807, 2.05) is 84.1 Å². The van der Waals surface area contributed by atoms with Crippen molar-refractivity contribution in [3.8, 4) is 119 Å². The molecule has 0 aliphatic rings. The van der Waals surface area contributed by atoms with Crippen LogP contribution in [0.2, 0.25) is 0 Å². The summed E-state index contributed by atoms with van der Waals surface area (Å²) in [5.74, 6) is 3.93. The first-order chi connectivity index (χ1) is 62.4. The average Bonchev–Trinajstić information content (AvgIpc) is 1.56. The fraction of sp³-hybridized carbons (Fsp3) is 0. The highest BCUT2D eigenvalue weighted by molar-refractivity contribution is 7.27. The summed E-state index contributed by atoms with van der Waals surface area (Å²) >= 11 is 5.47. The average molecular weight is 1660 g/mol. The van der Waals surface area contributed by atoms with Crippen LogP contribution in [0, 0.1) is 0 Å². The quantitative estimate of drug-likeness (QED) is 0.121. The van der Waals surface area contributed by atoms with Gasteiger partial charge in [0.15, 0.2) is 34.9 Å². The molecule has 0 bridgehead atoms. The van der Waals surface area contributed by atoms with Gasteiger partial charge in [0.05, 0.1) is 33.1 Å². The highest BCUT2D eigenvalue weighted by Crippen LogP contribution is 2.49. The summed E-state index contributed by atoms with van der Waals surface area (Å²) in [4.78, 5) is 30.8. The third-order valence-corrected chi connectivity index (χ3v) is 28.3. The number of hydrogen-bond donors (Lipinski definition) is 0. The molecule has 0 spiro atoms. The smallest absolute Gasteiger partial charge is 0.165 e. The summed E-state index contributed by atoms with van der Waals surface area (Å²) < 4.78 is 14.7. The van der Waals surface area contributed by atoms with Gasteiger partial charge in [0, 0.05) is 143 Å². The second-order valence-corrected chi connectivity index (χ2v) is 35.1. The Morgan fingerprint density at radius 2 is 0.468 bits per heavy atom. The molecule has 0 N–H and O–H groups in total. The monoisotopic (exact) mass is 1660 g/mol. The summed E-state index contributed by atoms with van der Waals surface area (Å²) in [6.45, 7) is 0. The van der Waals surface area contributed by atoms with E-state index in [1.54, 1.807) is 22.7 Å². The van der Waals surface area contributed by atoms with Gasteiger partial charge in [-0.25, -0.2) is 29.9 Å². The Morgan fingerprint density at radius 1 is 0.159 bits per heavy atom. The SMILES string of the molecule is c1ccc(-c2nc(-c3ccccc3)nc(-c3cc(-c4ccc(-c5ccc6c(c5)c5cc7c8ccccc8n(-c8ccccc8)c7cc5n6-c5ccccc5)cc4)cc4c3sc3ccccc34)n2)cc1.c1ccc(-c2nc(-c3ccccc3)nc(-c3cc(-c4ccc(-n5c6ccccc6c6c7sc8ccccc8c7ccc65)cc4)cc4c3sc3ccccc34)n2)cc1. The van der Waals surface area contributed by atoms with E-state index in [0.29, 0.717) is 34.9 Å². The number of aromatic nitrogens is 9. The number of nitrogens with zero attached hydrogens (tertiary/aromatic N) is 9. The van der Waals surface area contributed by atoms with Crippen LogP contribution < -0.4 is 0 Å². The van der Waals surface area contributed by atoms with E-state index in [-0.39, 0.29) is 0 Å². The molecule has 0 amide bonds.